The van der Waals surface area contributed by atoms with Crippen LogP contribution >= 0.6 is 0 Å². The number of hydrogen-bond donors (Lipinski definition) is 0. The number of piperidine rings is 1. The second kappa shape index (κ2) is 7.25. The highest BCUT2D eigenvalue weighted by molar-refractivity contribution is 5.30. The Morgan fingerprint density at radius 2 is 1.94 bits per heavy atom. The van der Waals surface area contributed by atoms with E-state index in [2.05, 4.69) is 21.8 Å². The molecular weight excluding hydrogens is 210 g/mol. The van der Waals surface area contributed by atoms with Crippen LogP contribution in [0.5, 0.6) is 0 Å². The molecule has 0 amide bonds. The van der Waals surface area contributed by atoms with Crippen LogP contribution in [0.3, 0.4) is 0 Å². The van der Waals surface area contributed by atoms with Crippen molar-refractivity contribution >= 4 is 5.95 Å². The van der Waals surface area contributed by atoms with Gasteiger partial charge in [0.25, 0.3) is 0 Å². The largest absolute Gasteiger partial charge is 0.341 e. The highest BCUT2D eigenvalue weighted by Crippen LogP contribution is 2.22. The summed E-state index contributed by atoms with van der Waals surface area (Å²) in [4.78, 5) is 11.1. The van der Waals surface area contributed by atoms with Gasteiger partial charge in [-0.1, -0.05) is 27.2 Å². The fraction of sp³-hybridized carbons (Fsp3) is 0.714. The molecule has 17 heavy (non-hydrogen) atoms. The Labute approximate surface area is 105 Å². The fourth-order valence-electron chi connectivity index (χ4n) is 2.13. The summed E-state index contributed by atoms with van der Waals surface area (Å²) in [6, 6.07) is 1.95. The summed E-state index contributed by atoms with van der Waals surface area (Å²) in [6.07, 6.45) is 5.73. The third-order valence-corrected chi connectivity index (χ3v) is 3.26. The molecule has 3 heteroatoms. The first-order chi connectivity index (χ1) is 8.29. The lowest BCUT2D eigenvalue weighted by Crippen LogP contribution is -2.34. The normalized spacial score (nSPS) is 16.4. The zero-order valence-electron chi connectivity index (χ0n) is 11.6. The maximum atomic E-state index is 4.46. The maximum absolute atomic E-state index is 4.46. The maximum Gasteiger partial charge on any atom is 0.225 e. The van der Waals surface area contributed by atoms with Gasteiger partial charge in [-0.15, -0.1) is 0 Å². The molecule has 1 fully saturated rings. The van der Waals surface area contributed by atoms with E-state index in [0.717, 1.165) is 30.6 Å². The van der Waals surface area contributed by atoms with Crippen LogP contribution in [0.25, 0.3) is 0 Å². The van der Waals surface area contributed by atoms with Gasteiger partial charge in [-0.2, -0.15) is 0 Å². The Kier molecular flexibility index (Phi) is 5.95. The first kappa shape index (κ1) is 13.9. The Balaban J connectivity index is 0.000000686. The average molecular weight is 235 g/mol. The number of aryl methyl sites for hydroxylation is 1. The van der Waals surface area contributed by atoms with Crippen molar-refractivity contribution < 1.29 is 0 Å². The van der Waals surface area contributed by atoms with Gasteiger partial charge in [-0.3, -0.25) is 0 Å². The number of aromatic nitrogens is 2. The van der Waals surface area contributed by atoms with E-state index >= 15 is 0 Å². The standard InChI is InChI=1S/C12H19N3.C2H6/c1-3-11-5-8-15(9-6-11)12-13-7-4-10(2)14-12;1-2/h4,7,11H,3,5-6,8-9H2,1-2H3;1-2H3. The van der Waals surface area contributed by atoms with E-state index in [0.29, 0.717) is 0 Å². The molecule has 1 saturated heterocycles. The minimum absolute atomic E-state index is 0.907. The van der Waals surface area contributed by atoms with Crippen molar-refractivity contribution in [1.29, 1.82) is 0 Å². The Morgan fingerprint density at radius 1 is 1.29 bits per heavy atom. The fourth-order valence-corrected chi connectivity index (χ4v) is 2.13. The van der Waals surface area contributed by atoms with Gasteiger partial charge < -0.3 is 4.90 Å². The molecule has 3 nitrogen and oxygen atoms in total. The Bertz CT molecular complexity index is 317. The number of nitrogens with zero attached hydrogens (tertiary/aromatic N) is 3. The quantitative estimate of drug-likeness (QED) is 0.786. The van der Waals surface area contributed by atoms with Crippen LogP contribution in [0, 0.1) is 12.8 Å². The molecule has 1 aromatic heterocycles. The minimum atomic E-state index is 0.907. The number of hydrogen-bond acceptors (Lipinski definition) is 3. The summed E-state index contributed by atoms with van der Waals surface area (Å²) in [5.41, 5.74) is 1.05. The first-order valence-corrected chi connectivity index (χ1v) is 6.84. The van der Waals surface area contributed by atoms with Crippen LogP contribution in [0.15, 0.2) is 12.3 Å². The molecule has 0 aromatic carbocycles. The molecule has 0 atom stereocenters. The minimum Gasteiger partial charge on any atom is -0.341 e. The van der Waals surface area contributed by atoms with E-state index in [1.54, 1.807) is 0 Å². The van der Waals surface area contributed by atoms with Crippen LogP contribution in [-0.4, -0.2) is 23.1 Å². The second-order valence-corrected chi connectivity index (χ2v) is 4.34. The molecule has 1 aliphatic rings. The van der Waals surface area contributed by atoms with Gasteiger partial charge in [0.15, 0.2) is 0 Å². The molecule has 0 spiro atoms. The van der Waals surface area contributed by atoms with Crippen molar-refractivity contribution in [2.24, 2.45) is 5.92 Å². The molecule has 0 aliphatic carbocycles. The molecule has 2 heterocycles. The van der Waals surface area contributed by atoms with Gasteiger partial charge in [0.05, 0.1) is 0 Å². The molecule has 0 bridgehead atoms. The van der Waals surface area contributed by atoms with Crippen LogP contribution in [0.4, 0.5) is 5.95 Å². The van der Waals surface area contributed by atoms with Gasteiger partial charge in [-0.05, 0) is 31.7 Å². The summed E-state index contributed by atoms with van der Waals surface area (Å²) >= 11 is 0. The predicted octanol–water partition coefficient (Wildman–Crippen LogP) is 3.44. The molecule has 0 unspecified atom stereocenters. The van der Waals surface area contributed by atoms with E-state index in [1.807, 2.05) is 33.0 Å². The molecule has 0 N–H and O–H groups in total. The predicted molar refractivity (Wildman–Crippen MR) is 73.3 cm³/mol. The summed E-state index contributed by atoms with van der Waals surface area (Å²) < 4.78 is 0. The summed E-state index contributed by atoms with van der Waals surface area (Å²) in [5, 5.41) is 0. The molecular formula is C14H25N3. The first-order valence-electron chi connectivity index (χ1n) is 6.84. The summed E-state index contributed by atoms with van der Waals surface area (Å²) in [5.74, 6) is 1.82. The van der Waals surface area contributed by atoms with E-state index in [1.165, 1.54) is 19.3 Å². The smallest absolute Gasteiger partial charge is 0.225 e. The lowest BCUT2D eigenvalue weighted by molar-refractivity contribution is 0.392. The lowest BCUT2D eigenvalue weighted by Gasteiger charge is -2.31. The van der Waals surface area contributed by atoms with Gasteiger partial charge in [0.2, 0.25) is 5.95 Å². The van der Waals surface area contributed by atoms with Gasteiger partial charge in [-0.25, -0.2) is 9.97 Å². The third-order valence-electron chi connectivity index (χ3n) is 3.26. The molecule has 2 rings (SSSR count). The van der Waals surface area contributed by atoms with Crippen molar-refractivity contribution in [3.05, 3.63) is 18.0 Å². The molecule has 0 radical (unpaired) electrons. The zero-order valence-corrected chi connectivity index (χ0v) is 11.6. The van der Waals surface area contributed by atoms with Crippen LogP contribution in [0.2, 0.25) is 0 Å². The van der Waals surface area contributed by atoms with E-state index in [9.17, 15) is 0 Å². The average Bonchev–Trinajstić information content (AvgIpc) is 2.41. The zero-order chi connectivity index (χ0) is 12.7. The van der Waals surface area contributed by atoms with Crippen LogP contribution in [-0.2, 0) is 0 Å². The van der Waals surface area contributed by atoms with Gasteiger partial charge >= 0.3 is 0 Å². The van der Waals surface area contributed by atoms with Crippen LogP contribution in [0.1, 0.15) is 45.7 Å². The SMILES string of the molecule is CC.CCC1CCN(c2nccc(C)n2)CC1. The summed E-state index contributed by atoms with van der Waals surface area (Å²) in [7, 11) is 0. The Morgan fingerprint density at radius 3 is 2.47 bits per heavy atom. The number of rotatable bonds is 2. The van der Waals surface area contributed by atoms with E-state index in [-0.39, 0.29) is 0 Å². The molecule has 0 saturated carbocycles. The highest BCUT2D eigenvalue weighted by Gasteiger charge is 2.19. The lowest BCUT2D eigenvalue weighted by atomic mass is 9.95. The molecule has 1 aromatic rings. The van der Waals surface area contributed by atoms with Crippen molar-refractivity contribution in [2.45, 2.75) is 47.0 Å². The monoisotopic (exact) mass is 235 g/mol. The Hall–Kier alpha value is -1.12. The topological polar surface area (TPSA) is 29.0 Å². The van der Waals surface area contributed by atoms with E-state index < -0.39 is 0 Å². The highest BCUT2D eigenvalue weighted by atomic mass is 15.2. The van der Waals surface area contributed by atoms with Gasteiger partial charge in [0.1, 0.15) is 0 Å². The van der Waals surface area contributed by atoms with Crippen molar-refractivity contribution in [1.82, 2.24) is 9.97 Å². The molecule has 96 valence electrons. The third kappa shape index (κ3) is 3.99. The number of anilines is 1. The molecule has 1 aliphatic heterocycles. The van der Waals surface area contributed by atoms with Gasteiger partial charge in [0, 0.05) is 25.0 Å². The van der Waals surface area contributed by atoms with Crippen molar-refractivity contribution in [3.8, 4) is 0 Å². The van der Waals surface area contributed by atoms with Crippen molar-refractivity contribution in [3.63, 3.8) is 0 Å². The van der Waals surface area contributed by atoms with Crippen LogP contribution < -0.4 is 4.90 Å². The van der Waals surface area contributed by atoms with E-state index in [4.69, 9.17) is 0 Å². The van der Waals surface area contributed by atoms with Crippen molar-refractivity contribution in [2.75, 3.05) is 18.0 Å². The second-order valence-electron chi connectivity index (χ2n) is 4.34. The summed E-state index contributed by atoms with van der Waals surface area (Å²) in [6.45, 7) is 10.5.